The molecule has 1 aliphatic rings. The lowest BCUT2D eigenvalue weighted by Crippen LogP contribution is -2.29. The maximum Gasteiger partial charge on any atom is 0.244 e. The third-order valence-electron chi connectivity index (χ3n) is 2.82. The fourth-order valence-corrected chi connectivity index (χ4v) is 3.88. The SMILES string of the molecule is O=S(=O)(c1cncc(Br)c1)N1CC[C@H](CO)C1. The highest BCUT2D eigenvalue weighted by Crippen LogP contribution is 2.24. The second kappa shape index (κ2) is 5.01. The van der Waals surface area contributed by atoms with Gasteiger partial charge in [-0.3, -0.25) is 4.98 Å². The van der Waals surface area contributed by atoms with Crippen molar-refractivity contribution in [1.82, 2.24) is 9.29 Å². The summed E-state index contributed by atoms with van der Waals surface area (Å²) in [5.41, 5.74) is 0. The summed E-state index contributed by atoms with van der Waals surface area (Å²) < 4.78 is 26.5. The van der Waals surface area contributed by atoms with Crippen molar-refractivity contribution in [3.8, 4) is 0 Å². The van der Waals surface area contributed by atoms with E-state index in [1.165, 1.54) is 16.6 Å². The first-order valence-electron chi connectivity index (χ1n) is 5.25. The van der Waals surface area contributed by atoms with E-state index >= 15 is 0 Å². The van der Waals surface area contributed by atoms with E-state index in [0.717, 1.165) is 0 Å². The van der Waals surface area contributed by atoms with Crippen molar-refractivity contribution in [2.75, 3.05) is 19.7 Å². The molecule has 1 N–H and O–H groups in total. The summed E-state index contributed by atoms with van der Waals surface area (Å²) in [6.45, 7) is 0.869. The van der Waals surface area contributed by atoms with E-state index in [2.05, 4.69) is 20.9 Å². The molecule has 2 rings (SSSR count). The van der Waals surface area contributed by atoms with Gasteiger partial charge in [-0.05, 0) is 34.3 Å². The number of rotatable bonds is 3. The molecule has 0 aromatic carbocycles. The number of nitrogens with zero attached hydrogens (tertiary/aromatic N) is 2. The fourth-order valence-electron chi connectivity index (χ4n) is 1.85. The molecule has 0 bridgehead atoms. The maximum absolute atomic E-state index is 12.2. The molecule has 1 fully saturated rings. The lowest BCUT2D eigenvalue weighted by atomic mass is 10.1. The molecule has 0 spiro atoms. The third-order valence-corrected chi connectivity index (χ3v) is 5.09. The Balaban J connectivity index is 2.25. The van der Waals surface area contributed by atoms with Crippen molar-refractivity contribution < 1.29 is 13.5 Å². The lowest BCUT2D eigenvalue weighted by molar-refractivity contribution is 0.233. The zero-order chi connectivity index (χ0) is 12.5. The van der Waals surface area contributed by atoms with Crippen molar-refractivity contribution in [2.45, 2.75) is 11.3 Å². The van der Waals surface area contributed by atoms with Gasteiger partial charge in [0.05, 0.1) is 0 Å². The minimum absolute atomic E-state index is 0.0305. The summed E-state index contributed by atoms with van der Waals surface area (Å²) in [6, 6.07) is 1.54. The Bertz CT molecular complexity index is 506. The molecular formula is C10H13BrN2O3S. The molecule has 1 atom stereocenters. The third kappa shape index (κ3) is 2.67. The smallest absolute Gasteiger partial charge is 0.244 e. The first kappa shape index (κ1) is 12.9. The molecular weight excluding hydrogens is 308 g/mol. The number of aliphatic hydroxyl groups excluding tert-OH is 1. The molecule has 7 heteroatoms. The zero-order valence-electron chi connectivity index (χ0n) is 9.08. The predicted molar refractivity (Wildman–Crippen MR) is 65.9 cm³/mol. The van der Waals surface area contributed by atoms with Gasteiger partial charge in [-0.15, -0.1) is 0 Å². The number of sulfonamides is 1. The number of hydrogen-bond acceptors (Lipinski definition) is 4. The molecule has 2 heterocycles. The van der Waals surface area contributed by atoms with Gasteiger partial charge in [-0.25, -0.2) is 8.42 Å². The second-order valence-electron chi connectivity index (χ2n) is 4.04. The van der Waals surface area contributed by atoms with Crippen LogP contribution in [-0.4, -0.2) is 42.5 Å². The summed E-state index contributed by atoms with van der Waals surface area (Å²) in [5.74, 6) is 0.0462. The van der Waals surface area contributed by atoms with Gasteiger partial charge in [0, 0.05) is 36.6 Å². The van der Waals surface area contributed by atoms with Crippen LogP contribution in [0.25, 0.3) is 0 Å². The van der Waals surface area contributed by atoms with Crippen molar-refractivity contribution >= 4 is 26.0 Å². The monoisotopic (exact) mass is 320 g/mol. The molecule has 5 nitrogen and oxygen atoms in total. The number of pyridine rings is 1. The van der Waals surface area contributed by atoms with E-state index in [9.17, 15) is 8.42 Å². The van der Waals surface area contributed by atoms with Gasteiger partial charge < -0.3 is 5.11 Å². The summed E-state index contributed by atoms with van der Waals surface area (Å²) in [4.78, 5) is 4.04. The number of halogens is 1. The van der Waals surface area contributed by atoms with Crippen LogP contribution in [0.2, 0.25) is 0 Å². The van der Waals surface area contributed by atoms with Crippen LogP contribution in [0.1, 0.15) is 6.42 Å². The summed E-state index contributed by atoms with van der Waals surface area (Å²) in [5, 5.41) is 9.02. The summed E-state index contributed by atoms with van der Waals surface area (Å²) >= 11 is 3.20. The van der Waals surface area contributed by atoms with E-state index in [1.54, 1.807) is 6.20 Å². The first-order valence-corrected chi connectivity index (χ1v) is 7.49. The van der Waals surface area contributed by atoms with Gasteiger partial charge in [0.1, 0.15) is 4.90 Å². The molecule has 1 aromatic rings. The second-order valence-corrected chi connectivity index (χ2v) is 6.89. The molecule has 1 saturated heterocycles. The van der Waals surface area contributed by atoms with E-state index in [4.69, 9.17) is 5.11 Å². The minimum atomic E-state index is -3.47. The van der Waals surface area contributed by atoms with Gasteiger partial charge in [-0.2, -0.15) is 4.31 Å². The van der Waals surface area contributed by atoms with E-state index in [0.29, 0.717) is 24.0 Å². The Morgan fingerprint density at radius 1 is 1.53 bits per heavy atom. The summed E-state index contributed by atoms with van der Waals surface area (Å²) in [7, 11) is -3.47. The predicted octanol–water partition coefficient (Wildman–Crippen LogP) is 0.847. The Hall–Kier alpha value is -0.500. The quantitative estimate of drug-likeness (QED) is 0.896. The highest BCUT2D eigenvalue weighted by molar-refractivity contribution is 9.10. The molecule has 0 aliphatic carbocycles. The highest BCUT2D eigenvalue weighted by atomic mass is 79.9. The zero-order valence-corrected chi connectivity index (χ0v) is 11.5. The number of aliphatic hydroxyl groups is 1. The number of aromatic nitrogens is 1. The fraction of sp³-hybridized carbons (Fsp3) is 0.500. The van der Waals surface area contributed by atoms with Crippen LogP contribution in [0.4, 0.5) is 0 Å². The normalized spacial score (nSPS) is 21.9. The van der Waals surface area contributed by atoms with Gasteiger partial charge >= 0.3 is 0 Å². The van der Waals surface area contributed by atoms with Gasteiger partial charge in [0.2, 0.25) is 10.0 Å². The standard InChI is InChI=1S/C10H13BrN2O3S/c11-9-3-10(5-12-4-9)17(15,16)13-2-1-8(6-13)7-14/h3-5,8,14H,1-2,6-7H2/t8-/m0/s1. The molecule has 0 radical (unpaired) electrons. The van der Waals surface area contributed by atoms with E-state index in [-0.39, 0.29) is 17.4 Å². The van der Waals surface area contributed by atoms with Crippen LogP contribution in [-0.2, 0) is 10.0 Å². The van der Waals surface area contributed by atoms with Crippen LogP contribution in [0.15, 0.2) is 27.8 Å². The molecule has 1 aliphatic heterocycles. The molecule has 94 valence electrons. The van der Waals surface area contributed by atoms with Crippen molar-refractivity contribution in [2.24, 2.45) is 5.92 Å². The van der Waals surface area contributed by atoms with Crippen LogP contribution >= 0.6 is 15.9 Å². The molecule has 1 aromatic heterocycles. The molecule has 0 unspecified atom stereocenters. The van der Waals surface area contributed by atoms with Gasteiger partial charge in [0.25, 0.3) is 0 Å². The van der Waals surface area contributed by atoms with Crippen molar-refractivity contribution in [1.29, 1.82) is 0 Å². The Kier molecular flexibility index (Phi) is 3.82. The molecule has 17 heavy (non-hydrogen) atoms. The Morgan fingerprint density at radius 3 is 2.88 bits per heavy atom. The summed E-state index contributed by atoms with van der Waals surface area (Å²) in [6.07, 6.45) is 3.59. The average Bonchev–Trinajstić information content (AvgIpc) is 2.78. The lowest BCUT2D eigenvalue weighted by Gasteiger charge is -2.16. The highest BCUT2D eigenvalue weighted by Gasteiger charge is 2.32. The van der Waals surface area contributed by atoms with Crippen LogP contribution < -0.4 is 0 Å². The van der Waals surface area contributed by atoms with Crippen molar-refractivity contribution in [3.63, 3.8) is 0 Å². The van der Waals surface area contributed by atoms with Crippen LogP contribution in [0.5, 0.6) is 0 Å². The molecule has 0 amide bonds. The maximum atomic E-state index is 12.2. The van der Waals surface area contributed by atoms with E-state index in [1.807, 2.05) is 0 Å². The van der Waals surface area contributed by atoms with E-state index < -0.39 is 10.0 Å². The van der Waals surface area contributed by atoms with Gasteiger partial charge in [-0.1, -0.05) is 0 Å². The van der Waals surface area contributed by atoms with Gasteiger partial charge in [0.15, 0.2) is 0 Å². The van der Waals surface area contributed by atoms with Crippen LogP contribution in [0, 0.1) is 5.92 Å². The molecule has 0 saturated carbocycles. The topological polar surface area (TPSA) is 70.5 Å². The van der Waals surface area contributed by atoms with Crippen molar-refractivity contribution in [3.05, 3.63) is 22.9 Å². The first-order chi connectivity index (χ1) is 8.04. The largest absolute Gasteiger partial charge is 0.396 e. The minimum Gasteiger partial charge on any atom is -0.396 e. The Morgan fingerprint density at radius 2 is 2.29 bits per heavy atom. The Labute approximate surface area is 109 Å². The van der Waals surface area contributed by atoms with Crippen LogP contribution in [0.3, 0.4) is 0 Å². The average molecular weight is 321 g/mol. The number of hydrogen-bond donors (Lipinski definition) is 1.